The van der Waals surface area contributed by atoms with Gasteiger partial charge in [-0.15, -0.1) is 0 Å². The first-order valence-corrected chi connectivity index (χ1v) is 5.83. The Morgan fingerprint density at radius 2 is 1.84 bits per heavy atom. The molecule has 19 heavy (non-hydrogen) atoms. The van der Waals surface area contributed by atoms with Gasteiger partial charge in [0.25, 0.3) is 0 Å². The van der Waals surface area contributed by atoms with Gasteiger partial charge in [0.15, 0.2) is 5.78 Å². The van der Waals surface area contributed by atoms with E-state index in [9.17, 15) is 9.59 Å². The van der Waals surface area contributed by atoms with Crippen molar-refractivity contribution >= 4 is 5.78 Å². The predicted octanol–water partition coefficient (Wildman–Crippen LogP) is 2.83. The number of benzene rings is 1. The molecule has 0 aliphatic rings. The molecule has 4 nitrogen and oxygen atoms in total. The molecular formula is C15H14O4. The van der Waals surface area contributed by atoms with Gasteiger partial charge < -0.3 is 9.15 Å². The minimum Gasteiger partial charge on any atom is -0.497 e. The largest absolute Gasteiger partial charge is 0.497 e. The standard InChI is InChI=1S/C15H14O4/c1-9(16)15-10(2)19-14(17)8-13(15)11-4-6-12(18-3)7-5-11/h4-8H,1-3H3. The summed E-state index contributed by atoms with van der Waals surface area (Å²) in [5.74, 6) is 0.922. The fourth-order valence-electron chi connectivity index (χ4n) is 2.05. The van der Waals surface area contributed by atoms with Gasteiger partial charge >= 0.3 is 5.63 Å². The summed E-state index contributed by atoms with van der Waals surface area (Å²) in [4.78, 5) is 23.2. The van der Waals surface area contributed by atoms with E-state index in [-0.39, 0.29) is 5.78 Å². The molecule has 0 fully saturated rings. The lowest BCUT2D eigenvalue weighted by Gasteiger charge is -2.09. The van der Waals surface area contributed by atoms with Crippen molar-refractivity contribution in [2.24, 2.45) is 0 Å². The highest BCUT2D eigenvalue weighted by Gasteiger charge is 2.15. The van der Waals surface area contributed by atoms with Gasteiger partial charge in [-0.2, -0.15) is 0 Å². The van der Waals surface area contributed by atoms with Crippen molar-refractivity contribution in [1.29, 1.82) is 0 Å². The third kappa shape index (κ3) is 2.57. The highest BCUT2D eigenvalue weighted by atomic mass is 16.5. The van der Waals surface area contributed by atoms with Crippen LogP contribution in [0.5, 0.6) is 5.75 Å². The Kier molecular flexibility index (Phi) is 3.51. The molecule has 0 saturated heterocycles. The quantitative estimate of drug-likeness (QED) is 0.794. The molecule has 0 atom stereocenters. The summed E-state index contributed by atoms with van der Waals surface area (Å²) in [6, 6.07) is 8.51. The minimum absolute atomic E-state index is 0.132. The number of ether oxygens (including phenoxy) is 1. The predicted molar refractivity (Wildman–Crippen MR) is 71.7 cm³/mol. The molecular weight excluding hydrogens is 244 g/mol. The van der Waals surface area contributed by atoms with E-state index in [2.05, 4.69) is 0 Å². The molecule has 0 amide bonds. The molecule has 0 aliphatic carbocycles. The van der Waals surface area contributed by atoms with Gasteiger partial charge in [0.2, 0.25) is 0 Å². The summed E-state index contributed by atoms with van der Waals surface area (Å²) in [5.41, 5.74) is 1.34. The zero-order valence-corrected chi connectivity index (χ0v) is 11.0. The first-order chi connectivity index (χ1) is 9.02. The molecule has 0 bridgehead atoms. The van der Waals surface area contributed by atoms with Crippen molar-refractivity contribution in [3.8, 4) is 16.9 Å². The van der Waals surface area contributed by atoms with Crippen LogP contribution < -0.4 is 10.4 Å². The van der Waals surface area contributed by atoms with Crippen molar-refractivity contribution in [3.05, 3.63) is 52.1 Å². The molecule has 0 saturated carbocycles. The van der Waals surface area contributed by atoms with Gasteiger partial charge in [-0.3, -0.25) is 4.79 Å². The number of ketones is 1. The summed E-state index contributed by atoms with van der Waals surface area (Å²) in [5, 5.41) is 0. The van der Waals surface area contributed by atoms with E-state index in [0.29, 0.717) is 22.6 Å². The van der Waals surface area contributed by atoms with Crippen LogP contribution in [0.4, 0.5) is 0 Å². The molecule has 4 heteroatoms. The van der Waals surface area contributed by atoms with Crippen LogP contribution in [0, 0.1) is 6.92 Å². The fourth-order valence-corrected chi connectivity index (χ4v) is 2.05. The van der Waals surface area contributed by atoms with Crippen LogP contribution in [0.25, 0.3) is 11.1 Å². The van der Waals surface area contributed by atoms with Gasteiger partial charge in [0.05, 0.1) is 12.7 Å². The lowest BCUT2D eigenvalue weighted by Crippen LogP contribution is -2.07. The lowest BCUT2D eigenvalue weighted by molar-refractivity contribution is 0.101. The van der Waals surface area contributed by atoms with Crippen LogP contribution in [0.15, 0.2) is 39.5 Å². The molecule has 0 aliphatic heterocycles. The molecule has 1 heterocycles. The topological polar surface area (TPSA) is 56.5 Å². The number of Topliss-reactive ketones (excluding diaryl/α,β-unsaturated/α-hetero) is 1. The summed E-state index contributed by atoms with van der Waals surface area (Å²) >= 11 is 0. The van der Waals surface area contributed by atoms with E-state index in [0.717, 1.165) is 5.56 Å². The van der Waals surface area contributed by atoms with Crippen LogP contribution in [0.1, 0.15) is 23.0 Å². The maximum atomic E-state index is 11.7. The summed E-state index contributed by atoms with van der Waals surface area (Å²) in [6.45, 7) is 3.07. The zero-order chi connectivity index (χ0) is 14.0. The Hall–Kier alpha value is -2.36. The van der Waals surface area contributed by atoms with Gasteiger partial charge in [-0.25, -0.2) is 4.79 Å². The minimum atomic E-state index is -0.465. The van der Waals surface area contributed by atoms with E-state index in [4.69, 9.17) is 9.15 Å². The molecule has 0 radical (unpaired) electrons. The molecule has 98 valence electrons. The Balaban J connectivity index is 2.66. The van der Waals surface area contributed by atoms with Crippen LogP contribution in [-0.2, 0) is 0 Å². The van der Waals surface area contributed by atoms with E-state index in [1.165, 1.54) is 13.0 Å². The normalized spacial score (nSPS) is 10.3. The average Bonchev–Trinajstić information content (AvgIpc) is 2.37. The SMILES string of the molecule is COc1ccc(-c2cc(=O)oc(C)c2C(C)=O)cc1. The summed E-state index contributed by atoms with van der Waals surface area (Å²) < 4.78 is 10.1. The summed E-state index contributed by atoms with van der Waals surface area (Å²) in [6.07, 6.45) is 0. The monoisotopic (exact) mass is 258 g/mol. The van der Waals surface area contributed by atoms with Crippen LogP contribution in [0.2, 0.25) is 0 Å². The van der Waals surface area contributed by atoms with Gasteiger partial charge in [0, 0.05) is 11.6 Å². The number of carbonyl (C=O) groups excluding carboxylic acids is 1. The number of methoxy groups -OCH3 is 1. The van der Waals surface area contributed by atoms with Crippen molar-refractivity contribution in [3.63, 3.8) is 0 Å². The Morgan fingerprint density at radius 1 is 1.21 bits per heavy atom. The van der Waals surface area contributed by atoms with E-state index < -0.39 is 5.63 Å². The van der Waals surface area contributed by atoms with Crippen molar-refractivity contribution in [2.75, 3.05) is 7.11 Å². The Labute approximate surface area is 110 Å². The van der Waals surface area contributed by atoms with E-state index in [1.54, 1.807) is 38.3 Å². The average molecular weight is 258 g/mol. The zero-order valence-electron chi connectivity index (χ0n) is 11.0. The van der Waals surface area contributed by atoms with Crippen molar-refractivity contribution < 1.29 is 13.9 Å². The molecule has 2 aromatic rings. The van der Waals surface area contributed by atoms with Crippen LogP contribution in [0.3, 0.4) is 0 Å². The van der Waals surface area contributed by atoms with Gasteiger partial charge in [-0.1, -0.05) is 12.1 Å². The third-order valence-corrected chi connectivity index (χ3v) is 2.89. The highest BCUT2D eigenvalue weighted by Crippen LogP contribution is 2.26. The highest BCUT2D eigenvalue weighted by molar-refractivity contribution is 6.01. The molecule has 2 rings (SSSR count). The first kappa shape index (κ1) is 13.1. The molecule has 1 aromatic heterocycles. The van der Waals surface area contributed by atoms with Crippen molar-refractivity contribution in [2.45, 2.75) is 13.8 Å². The number of hydrogen-bond donors (Lipinski definition) is 0. The second-order valence-electron chi connectivity index (χ2n) is 4.19. The Morgan fingerprint density at radius 3 is 2.37 bits per heavy atom. The third-order valence-electron chi connectivity index (χ3n) is 2.89. The second-order valence-corrected chi connectivity index (χ2v) is 4.19. The van der Waals surface area contributed by atoms with E-state index >= 15 is 0 Å². The van der Waals surface area contributed by atoms with E-state index in [1.807, 2.05) is 0 Å². The number of aryl methyl sites for hydroxylation is 1. The van der Waals surface area contributed by atoms with Gasteiger partial charge in [0.1, 0.15) is 11.5 Å². The van der Waals surface area contributed by atoms with Crippen molar-refractivity contribution in [1.82, 2.24) is 0 Å². The second kappa shape index (κ2) is 5.10. The molecule has 0 spiro atoms. The molecule has 0 N–H and O–H groups in total. The fraction of sp³-hybridized carbons (Fsp3) is 0.200. The maximum absolute atomic E-state index is 11.7. The maximum Gasteiger partial charge on any atom is 0.336 e. The first-order valence-electron chi connectivity index (χ1n) is 5.83. The summed E-state index contributed by atoms with van der Waals surface area (Å²) in [7, 11) is 1.58. The van der Waals surface area contributed by atoms with Crippen LogP contribution >= 0.6 is 0 Å². The number of carbonyl (C=O) groups is 1. The smallest absolute Gasteiger partial charge is 0.336 e. The van der Waals surface area contributed by atoms with Gasteiger partial charge in [-0.05, 0) is 31.5 Å². The lowest BCUT2D eigenvalue weighted by atomic mass is 9.98. The molecule has 0 unspecified atom stereocenters. The molecule has 1 aromatic carbocycles. The van der Waals surface area contributed by atoms with Crippen LogP contribution in [-0.4, -0.2) is 12.9 Å². The number of rotatable bonds is 3. The Bertz CT molecular complexity index is 666. The number of hydrogen-bond acceptors (Lipinski definition) is 4.